The van der Waals surface area contributed by atoms with Gasteiger partial charge in [0.05, 0.1) is 0 Å². The van der Waals surface area contributed by atoms with Crippen LogP contribution >= 0.6 is 12.3 Å². The first-order chi connectivity index (χ1) is 9.00. The van der Waals surface area contributed by atoms with Crippen molar-refractivity contribution < 1.29 is 28.2 Å². The summed E-state index contributed by atoms with van der Waals surface area (Å²) in [5.74, 6) is -1.75. The van der Waals surface area contributed by atoms with Gasteiger partial charge in [-0.05, 0) is 19.3 Å². The lowest BCUT2D eigenvalue weighted by Gasteiger charge is -2.23. The Hall–Kier alpha value is -0.790. The third-order valence-corrected chi connectivity index (χ3v) is 3.25. The second-order valence-electron chi connectivity index (χ2n) is 4.25. The minimum atomic E-state index is -1.55. The number of aliphatic hydroxyl groups is 2. The standard InChI is InChI=1S/C12H22O6S/c1-3-5-6-7-8-12(16,4-2)11(15)18-19-17-10(14)9-13/h13,16H,3-9H2,1-2H3. The summed E-state index contributed by atoms with van der Waals surface area (Å²) in [5, 5.41) is 18.5. The molecule has 0 aliphatic carbocycles. The maximum Gasteiger partial charge on any atom is 0.352 e. The number of unbranched alkanes of at least 4 members (excludes halogenated alkanes) is 3. The van der Waals surface area contributed by atoms with Crippen LogP contribution in [0.2, 0.25) is 0 Å². The van der Waals surface area contributed by atoms with Gasteiger partial charge in [-0.3, -0.25) is 0 Å². The van der Waals surface area contributed by atoms with E-state index in [0.717, 1.165) is 25.7 Å². The fourth-order valence-electron chi connectivity index (χ4n) is 1.46. The molecule has 0 bridgehead atoms. The molecule has 0 heterocycles. The van der Waals surface area contributed by atoms with Crippen LogP contribution in [0.4, 0.5) is 0 Å². The number of hydrogen-bond donors (Lipinski definition) is 2. The highest BCUT2D eigenvalue weighted by molar-refractivity contribution is 7.90. The van der Waals surface area contributed by atoms with E-state index in [4.69, 9.17) is 5.11 Å². The molecule has 0 saturated carbocycles. The predicted octanol–water partition coefficient (Wildman–Crippen LogP) is 1.74. The zero-order chi connectivity index (χ0) is 14.7. The van der Waals surface area contributed by atoms with Gasteiger partial charge in [-0.1, -0.05) is 33.1 Å². The molecule has 1 unspecified atom stereocenters. The Balaban J connectivity index is 4.09. The molecule has 0 spiro atoms. The number of rotatable bonds is 10. The molecule has 0 aliphatic heterocycles. The summed E-state index contributed by atoms with van der Waals surface area (Å²) in [4.78, 5) is 22.3. The van der Waals surface area contributed by atoms with Crippen molar-refractivity contribution in [3.63, 3.8) is 0 Å². The maximum atomic E-state index is 11.7. The number of carbonyl (C=O) groups is 2. The van der Waals surface area contributed by atoms with E-state index in [1.807, 2.05) is 0 Å². The molecule has 7 heteroatoms. The molecule has 6 nitrogen and oxygen atoms in total. The zero-order valence-corrected chi connectivity index (χ0v) is 12.2. The molecule has 0 fully saturated rings. The summed E-state index contributed by atoms with van der Waals surface area (Å²) in [6, 6.07) is 0. The van der Waals surface area contributed by atoms with E-state index < -0.39 is 24.1 Å². The normalized spacial score (nSPS) is 13.7. The van der Waals surface area contributed by atoms with Crippen molar-refractivity contribution in [2.24, 2.45) is 0 Å². The number of aliphatic hydroxyl groups excluding tert-OH is 1. The molecular weight excluding hydrogens is 272 g/mol. The van der Waals surface area contributed by atoms with E-state index in [1.54, 1.807) is 6.92 Å². The van der Waals surface area contributed by atoms with E-state index in [0.29, 0.717) is 6.42 Å². The summed E-state index contributed by atoms with van der Waals surface area (Å²) in [5.41, 5.74) is -1.55. The van der Waals surface area contributed by atoms with E-state index in [9.17, 15) is 14.7 Å². The molecule has 112 valence electrons. The molecule has 0 aliphatic rings. The number of carbonyl (C=O) groups excluding carboxylic acids is 2. The second-order valence-corrected chi connectivity index (χ2v) is 4.72. The van der Waals surface area contributed by atoms with Crippen molar-refractivity contribution in [1.29, 1.82) is 0 Å². The monoisotopic (exact) mass is 294 g/mol. The van der Waals surface area contributed by atoms with Gasteiger partial charge < -0.3 is 18.6 Å². The molecule has 0 aromatic rings. The minimum absolute atomic E-state index is 0.161. The van der Waals surface area contributed by atoms with Crippen molar-refractivity contribution in [3.05, 3.63) is 0 Å². The van der Waals surface area contributed by atoms with Crippen LogP contribution in [0.5, 0.6) is 0 Å². The Morgan fingerprint density at radius 3 is 2.37 bits per heavy atom. The van der Waals surface area contributed by atoms with Crippen molar-refractivity contribution >= 4 is 24.3 Å². The molecule has 0 rings (SSSR count). The van der Waals surface area contributed by atoms with Crippen LogP contribution < -0.4 is 0 Å². The Morgan fingerprint density at radius 1 is 1.16 bits per heavy atom. The zero-order valence-electron chi connectivity index (χ0n) is 11.4. The lowest BCUT2D eigenvalue weighted by Crippen LogP contribution is -2.38. The van der Waals surface area contributed by atoms with Gasteiger partial charge in [-0.25, -0.2) is 9.59 Å². The summed E-state index contributed by atoms with van der Waals surface area (Å²) < 4.78 is 8.92. The highest BCUT2D eigenvalue weighted by Gasteiger charge is 2.36. The van der Waals surface area contributed by atoms with E-state index in [2.05, 4.69) is 15.3 Å². The van der Waals surface area contributed by atoms with Crippen molar-refractivity contribution in [1.82, 2.24) is 0 Å². The fraction of sp³-hybridized carbons (Fsp3) is 0.833. The molecule has 2 N–H and O–H groups in total. The Labute approximate surface area is 117 Å². The van der Waals surface area contributed by atoms with Gasteiger partial charge in [0, 0.05) is 0 Å². The summed E-state index contributed by atoms with van der Waals surface area (Å²) >= 11 is 0.161. The third-order valence-electron chi connectivity index (χ3n) is 2.77. The van der Waals surface area contributed by atoms with Gasteiger partial charge in [0.2, 0.25) is 0 Å². The molecule has 0 amide bonds. The summed E-state index contributed by atoms with van der Waals surface area (Å²) in [7, 11) is 0. The minimum Gasteiger partial charge on any atom is -0.385 e. The molecule has 0 aromatic carbocycles. The fourth-order valence-corrected chi connectivity index (χ4v) is 1.84. The van der Waals surface area contributed by atoms with Crippen LogP contribution in [0.3, 0.4) is 0 Å². The van der Waals surface area contributed by atoms with Gasteiger partial charge in [-0.2, -0.15) is 0 Å². The number of hydrogen-bond acceptors (Lipinski definition) is 7. The van der Waals surface area contributed by atoms with E-state index in [-0.39, 0.29) is 18.7 Å². The van der Waals surface area contributed by atoms with Gasteiger partial charge in [0.1, 0.15) is 6.61 Å². The lowest BCUT2D eigenvalue weighted by molar-refractivity contribution is -0.156. The summed E-state index contributed by atoms with van der Waals surface area (Å²) in [6.45, 7) is 2.97. The van der Waals surface area contributed by atoms with Gasteiger partial charge in [-0.15, -0.1) is 0 Å². The van der Waals surface area contributed by atoms with Crippen LogP contribution in [-0.2, 0) is 18.0 Å². The van der Waals surface area contributed by atoms with E-state index in [1.165, 1.54) is 0 Å². The van der Waals surface area contributed by atoms with Crippen LogP contribution in [0.1, 0.15) is 52.4 Å². The van der Waals surface area contributed by atoms with E-state index >= 15 is 0 Å². The first kappa shape index (κ1) is 18.2. The highest BCUT2D eigenvalue weighted by Crippen LogP contribution is 2.23. The molecule has 1 atom stereocenters. The molecular formula is C12H22O6S. The molecule has 0 aromatic heterocycles. The van der Waals surface area contributed by atoms with Crippen LogP contribution in [-0.4, -0.2) is 34.4 Å². The first-order valence-electron chi connectivity index (χ1n) is 6.41. The topological polar surface area (TPSA) is 93.1 Å². The lowest BCUT2D eigenvalue weighted by atomic mass is 9.93. The SMILES string of the molecule is CCCCCCC(O)(CC)C(=O)OSOC(=O)CO. The summed E-state index contributed by atoms with van der Waals surface area (Å²) in [6.07, 6.45) is 4.34. The quantitative estimate of drug-likeness (QED) is 0.468. The van der Waals surface area contributed by atoms with Crippen LogP contribution in [0.25, 0.3) is 0 Å². The van der Waals surface area contributed by atoms with Crippen LogP contribution in [0, 0.1) is 0 Å². The maximum absolute atomic E-state index is 11.7. The van der Waals surface area contributed by atoms with Crippen LogP contribution in [0.15, 0.2) is 0 Å². The molecule has 0 radical (unpaired) electrons. The van der Waals surface area contributed by atoms with Gasteiger partial charge in [0.15, 0.2) is 5.60 Å². The van der Waals surface area contributed by atoms with Crippen molar-refractivity contribution in [3.8, 4) is 0 Å². The smallest absolute Gasteiger partial charge is 0.352 e. The average Bonchev–Trinajstić information content (AvgIpc) is 2.42. The van der Waals surface area contributed by atoms with Gasteiger partial charge >= 0.3 is 11.9 Å². The Morgan fingerprint density at radius 2 is 1.84 bits per heavy atom. The third kappa shape index (κ3) is 7.39. The largest absolute Gasteiger partial charge is 0.385 e. The van der Waals surface area contributed by atoms with Crippen molar-refractivity contribution in [2.45, 2.75) is 58.0 Å². The van der Waals surface area contributed by atoms with Gasteiger partial charge in [0.25, 0.3) is 12.3 Å². The Kier molecular flexibility index (Phi) is 9.63. The average molecular weight is 294 g/mol. The first-order valence-corrected chi connectivity index (χ1v) is 7.08. The Bertz CT molecular complexity index is 283. The van der Waals surface area contributed by atoms with Crippen molar-refractivity contribution in [2.75, 3.05) is 6.61 Å². The predicted molar refractivity (Wildman–Crippen MR) is 70.9 cm³/mol. The molecule has 0 saturated heterocycles. The second kappa shape index (κ2) is 10.1. The molecule has 19 heavy (non-hydrogen) atoms. The highest BCUT2D eigenvalue weighted by atomic mass is 32.2.